The largest absolute Gasteiger partial charge is 0.495 e. The van der Waals surface area contributed by atoms with E-state index in [1.165, 1.54) is 0 Å². The zero-order valence-electron chi connectivity index (χ0n) is 17.2. The van der Waals surface area contributed by atoms with Crippen molar-refractivity contribution in [3.63, 3.8) is 0 Å². The average Bonchev–Trinajstić information content (AvgIpc) is 3.21. The lowest BCUT2D eigenvalue weighted by molar-refractivity contribution is 0.324. The van der Waals surface area contributed by atoms with Crippen LogP contribution in [-0.4, -0.2) is 43.0 Å². The SMILES string of the molecule is COc1ccc(-c2ccc3nnc(-c4cc(OC)c(OC)c(OC)c4)n3c2)cc1N. The van der Waals surface area contributed by atoms with E-state index >= 15 is 0 Å². The summed E-state index contributed by atoms with van der Waals surface area (Å²) in [6.07, 6.45) is 1.97. The molecule has 8 nitrogen and oxygen atoms in total. The summed E-state index contributed by atoms with van der Waals surface area (Å²) in [5.74, 6) is 2.90. The van der Waals surface area contributed by atoms with Crippen molar-refractivity contribution in [1.29, 1.82) is 0 Å². The van der Waals surface area contributed by atoms with Crippen LogP contribution in [0, 0.1) is 0 Å². The number of nitrogens with two attached hydrogens (primary N) is 1. The molecule has 4 rings (SSSR count). The van der Waals surface area contributed by atoms with Gasteiger partial charge in [-0.1, -0.05) is 6.07 Å². The number of aromatic nitrogens is 3. The minimum absolute atomic E-state index is 0.520. The first kappa shape index (κ1) is 19.4. The molecule has 2 N–H and O–H groups in total. The lowest BCUT2D eigenvalue weighted by Gasteiger charge is -2.13. The third-order valence-electron chi connectivity index (χ3n) is 4.89. The van der Waals surface area contributed by atoms with Gasteiger partial charge >= 0.3 is 0 Å². The Kier molecular flexibility index (Phi) is 5.05. The highest BCUT2D eigenvalue weighted by molar-refractivity contribution is 5.73. The van der Waals surface area contributed by atoms with Gasteiger partial charge in [0.1, 0.15) is 5.75 Å². The monoisotopic (exact) mass is 406 g/mol. The lowest BCUT2D eigenvalue weighted by Crippen LogP contribution is -1.97. The Morgan fingerprint density at radius 3 is 1.97 bits per heavy atom. The topological polar surface area (TPSA) is 93.1 Å². The highest BCUT2D eigenvalue weighted by Gasteiger charge is 2.17. The van der Waals surface area contributed by atoms with Crippen molar-refractivity contribution in [2.24, 2.45) is 0 Å². The van der Waals surface area contributed by atoms with E-state index in [2.05, 4.69) is 10.2 Å². The van der Waals surface area contributed by atoms with Crippen LogP contribution in [-0.2, 0) is 0 Å². The molecule has 0 unspecified atom stereocenters. The average molecular weight is 406 g/mol. The van der Waals surface area contributed by atoms with Crippen LogP contribution in [0.1, 0.15) is 0 Å². The molecule has 0 spiro atoms. The van der Waals surface area contributed by atoms with Crippen LogP contribution in [0.25, 0.3) is 28.2 Å². The predicted octanol–water partition coefficient (Wildman–Crippen LogP) is 3.68. The minimum atomic E-state index is 0.520. The van der Waals surface area contributed by atoms with Crippen LogP contribution in [0.3, 0.4) is 0 Å². The Morgan fingerprint density at radius 1 is 0.700 bits per heavy atom. The number of ether oxygens (including phenoxy) is 4. The number of hydrogen-bond donors (Lipinski definition) is 1. The molecule has 4 aromatic rings. The summed E-state index contributed by atoms with van der Waals surface area (Å²) in [4.78, 5) is 0. The first-order valence-electron chi connectivity index (χ1n) is 9.18. The highest BCUT2D eigenvalue weighted by atomic mass is 16.5. The molecule has 0 atom stereocenters. The summed E-state index contributed by atoms with van der Waals surface area (Å²) in [6.45, 7) is 0. The highest BCUT2D eigenvalue weighted by Crippen LogP contribution is 2.41. The van der Waals surface area contributed by atoms with E-state index in [1.54, 1.807) is 28.4 Å². The smallest absolute Gasteiger partial charge is 0.203 e. The van der Waals surface area contributed by atoms with E-state index in [9.17, 15) is 0 Å². The van der Waals surface area contributed by atoms with Crippen LogP contribution < -0.4 is 24.7 Å². The number of hydrogen-bond acceptors (Lipinski definition) is 7. The third-order valence-corrected chi connectivity index (χ3v) is 4.89. The maximum atomic E-state index is 6.08. The standard InChI is InChI=1S/C22H22N4O4/c1-27-17-7-5-13(9-16(17)23)14-6-8-20-24-25-22(26(20)12-14)15-10-18(28-2)21(30-4)19(11-15)29-3/h5-12H,23H2,1-4H3. The number of fused-ring (bicyclic) bond motifs is 1. The number of benzene rings is 2. The summed E-state index contributed by atoms with van der Waals surface area (Å²) in [5, 5.41) is 8.65. The van der Waals surface area contributed by atoms with Crippen molar-refractivity contribution >= 4 is 11.3 Å². The number of nitrogens with zero attached hydrogens (tertiary/aromatic N) is 3. The van der Waals surface area contributed by atoms with Gasteiger partial charge in [-0.2, -0.15) is 0 Å². The summed E-state index contributed by atoms with van der Waals surface area (Å²) in [6, 6.07) is 13.3. The minimum Gasteiger partial charge on any atom is -0.495 e. The maximum absolute atomic E-state index is 6.08. The first-order valence-corrected chi connectivity index (χ1v) is 9.18. The van der Waals surface area contributed by atoms with Crippen molar-refractivity contribution in [2.75, 3.05) is 34.2 Å². The van der Waals surface area contributed by atoms with Gasteiger partial charge in [-0.15, -0.1) is 10.2 Å². The Balaban J connectivity index is 1.86. The van der Waals surface area contributed by atoms with Gasteiger partial charge in [0.05, 0.1) is 34.1 Å². The normalized spacial score (nSPS) is 10.8. The number of methoxy groups -OCH3 is 4. The number of nitrogen functional groups attached to an aromatic ring is 1. The van der Waals surface area contributed by atoms with E-state index in [1.807, 2.05) is 53.1 Å². The number of anilines is 1. The van der Waals surface area contributed by atoms with Gasteiger partial charge in [-0.25, -0.2) is 0 Å². The van der Waals surface area contributed by atoms with Gasteiger partial charge in [0, 0.05) is 11.8 Å². The van der Waals surface area contributed by atoms with Crippen LogP contribution in [0.5, 0.6) is 23.0 Å². The molecule has 0 saturated carbocycles. The molecule has 0 saturated heterocycles. The molecule has 2 aromatic carbocycles. The van der Waals surface area contributed by atoms with E-state index in [-0.39, 0.29) is 0 Å². The zero-order chi connectivity index (χ0) is 21.3. The molecule has 0 amide bonds. The van der Waals surface area contributed by atoms with Crippen LogP contribution >= 0.6 is 0 Å². The molecular weight excluding hydrogens is 384 g/mol. The number of rotatable bonds is 6. The van der Waals surface area contributed by atoms with Crippen LogP contribution in [0.2, 0.25) is 0 Å². The molecule has 30 heavy (non-hydrogen) atoms. The van der Waals surface area contributed by atoms with Crippen LogP contribution in [0.4, 0.5) is 5.69 Å². The third kappa shape index (κ3) is 3.22. The van der Waals surface area contributed by atoms with Crippen molar-refractivity contribution in [3.8, 4) is 45.5 Å². The molecule has 2 aromatic heterocycles. The Bertz CT molecular complexity index is 1190. The lowest BCUT2D eigenvalue weighted by atomic mass is 10.1. The van der Waals surface area contributed by atoms with Gasteiger partial charge in [-0.05, 0) is 47.5 Å². The van der Waals surface area contributed by atoms with Gasteiger partial charge in [0.15, 0.2) is 23.0 Å². The molecule has 154 valence electrons. The fourth-order valence-electron chi connectivity index (χ4n) is 3.38. The summed E-state index contributed by atoms with van der Waals surface area (Å²) in [7, 11) is 6.32. The molecule has 0 bridgehead atoms. The summed E-state index contributed by atoms with van der Waals surface area (Å²) >= 11 is 0. The molecule has 0 radical (unpaired) electrons. The second-order valence-corrected chi connectivity index (χ2v) is 6.54. The second-order valence-electron chi connectivity index (χ2n) is 6.54. The maximum Gasteiger partial charge on any atom is 0.203 e. The van der Waals surface area contributed by atoms with Crippen molar-refractivity contribution in [3.05, 3.63) is 48.7 Å². The molecule has 8 heteroatoms. The van der Waals surface area contributed by atoms with E-state index in [0.29, 0.717) is 40.2 Å². The van der Waals surface area contributed by atoms with Gasteiger partial charge in [0.2, 0.25) is 5.75 Å². The van der Waals surface area contributed by atoms with E-state index in [4.69, 9.17) is 24.7 Å². The molecule has 0 aliphatic heterocycles. The van der Waals surface area contributed by atoms with Crippen molar-refractivity contribution in [1.82, 2.24) is 14.6 Å². The zero-order valence-corrected chi connectivity index (χ0v) is 17.2. The second kappa shape index (κ2) is 7.82. The van der Waals surface area contributed by atoms with E-state index < -0.39 is 0 Å². The Morgan fingerprint density at radius 2 is 1.37 bits per heavy atom. The fourth-order valence-corrected chi connectivity index (χ4v) is 3.38. The van der Waals surface area contributed by atoms with Crippen LogP contribution in [0.15, 0.2) is 48.7 Å². The molecule has 0 aliphatic carbocycles. The summed E-state index contributed by atoms with van der Waals surface area (Å²) < 4.78 is 23.5. The van der Waals surface area contributed by atoms with Gasteiger partial charge in [0.25, 0.3) is 0 Å². The fraction of sp³-hybridized carbons (Fsp3) is 0.182. The molecule has 2 heterocycles. The van der Waals surface area contributed by atoms with Crippen molar-refractivity contribution in [2.45, 2.75) is 0 Å². The molecular formula is C22H22N4O4. The molecule has 0 aliphatic rings. The Labute approximate surface area is 173 Å². The number of pyridine rings is 1. The summed E-state index contributed by atoms with van der Waals surface area (Å²) in [5.41, 5.74) is 10.1. The first-order chi connectivity index (χ1) is 14.6. The quantitative estimate of drug-likeness (QED) is 0.488. The predicted molar refractivity (Wildman–Crippen MR) is 114 cm³/mol. The molecule has 0 fully saturated rings. The van der Waals surface area contributed by atoms with Gasteiger partial charge in [-0.3, -0.25) is 4.40 Å². The van der Waals surface area contributed by atoms with E-state index in [0.717, 1.165) is 16.7 Å². The van der Waals surface area contributed by atoms with Crippen molar-refractivity contribution < 1.29 is 18.9 Å². The van der Waals surface area contributed by atoms with Gasteiger partial charge < -0.3 is 24.7 Å². The Hall–Kier alpha value is -3.94.